The van der Waals surface area contributed by atoms with Crippen molar-refractivity contribution in [2.75, 3.05) is 0 Å². The Morgan fingerprint density at radius 1 is 1.20 bits per heavy atom. The van der Waals surface area contributed by atoms with Crippen LogP contribution >= 0.6 is 0 Å². The van der Waals surface area contributed by atoms with Gasteiger partial charge in [0.05, 0.1) is 17.9 Å². The highest BCUT2D eigenvalue weighted by molar-refractivity contribution is 5.95. The highest BCUT2D eigenvalue weighted by Crippen LogP contribution is 2.40. The van der Waals surface area contributed by atoms with Crippen LogP contribution in [0.5, 0.6) is 0 Å². The van der Waals surface area contributed by atoms with E-state index in [4.69, 9.17) is 0 Å². The zero-order valence-corrected chi connectivity index (χ0v) is 14.1. The van der Waals surface area contributed by atoms with Crippen LogP contribution in [0.4, 0.5) is 0 Å². The first-order valence-electron chi connectivity index (χ1n) is 8.54. The summed E-state index contributed by atoms with van der Waals surface area (Å²) in [5.74, 6) is 0.417. The molecule has 2 heterocycles. The third-order valence-electron chi connectivity index (χ3n) is 4.56. The molecule has 2 N–H and O–H groups in total. The van der Waals surface area contributed by atoms with Gasteiger partial charge in [-0.05, 0) is 55.5 Å². The smallest absolute Gasteiger partial charge is 0.251 e. The molecule has 0 spiro atoms. The third kappa shape index (κ3) is 3.45. The fourth-order valence-electron chi connectivity index (χ4n) is 3.07. The number of aromatic amines is 1. The Kier molecular flexibility index (Phi) is 4.06. The molecule has 1 fully saturated rings. The second-order valence-electron chi connectivity index (χ2n) is 6.56. The maximum atomic E-state index is 12.8. The summed E-state index contributed by atoms with van der Waals surface area (Å²) in [5, 5.41) is 9.95. The summed E-state index contributed by atoms with van der Waals surface area (Å²) in [6.07, 6.45) is 5.84. The van der Waals surface area contributed by atoms with Crippen LogP contribution in [0.1, 0.15) is 40.6 Å². The molecule has 1 aliphatic carbocycles. The van der Waals surface area contributed by atoms with Crippen molar-refractivity contribution in [1.29, 1.82) is 0 Å². The van der Waals surface area contributed by atoms with Crippen LogP contribution in [0, 0.1) is 12.8 Å². The summed E-state index contributed by atoms with van der Waals surface area (Å²) in [6.45, 7) is 1.98. The van der Waals surface area contributed by atoms with Gasteiger partial charge in [-0.1, -0.05) is 18.2 Å². The third-order valence-corrected chi connectivity index (χ3v) is 4.56. The number of benzene rings is 1. The predicted octanol–water partition coefficient (Wildman–Crippen LogP) is 3.66. The zero-order valence-electron chi connectivity index (χ0n) is 14.1. The van der Waals surface area contributed by atoms with Crippen molar-refractivity contribution >= 4 is 5.91 Å². The van der Waals surface area contributed by atoms with Gasteiger partial charge < -0.3 is 5.32 Å². The van der Waals surface area contributed by atoms with Gasteiger partial charge in [-0.15, -0.1) is 0 Å². The van der Waals surface area contributed by atoms with Gasteiger partial charge in [0, 0.05) is 23.0 Å². The van der Waals surface area contributed by atoms with Crippen molar-refractivity contribution in [1.82, 2.24) is 20.5 Å². The lowest BCUT2D eigenvalue weighted by molar-refractivity contribution is 0.0930. The van der Waals surface area contributed by atoms with Crippen LogP contribution in [0.3, 0.4) is 0 Å². The van der Waals surface area contributed by atoms with Gasteiger partial charge in [0.2, 0.25) is 0 Å². The second kappa shape index (κ2) is 6.51. The van der Waals surface area contributed by atoms with Crippen molar-refractivity contribution in [3.63, 3.8) is 0 Å². The maximum Gasteiger partial charge on any atom is 0.251 e. The molecule has 1 aliphatic rings. The number of aromatic nitrogens is 3. The molecule has 0 saturated heterocycles. The fourth-order valence-corrected chi connectivity index (χ4v) is 3.07. The quantitative estimate of drug-likeness (QED) is 0.749. The normalized spacial score (nSPS) is 14.9. The van der Waals surface area contributed by atoms with Crippen LogP contribution in [0.15, 0.2) is 54.9 Å². The van der Waals surface area contributed by atoms with E-state index in [1.54, 1.807) is 6.20 Å². The maximum absolute atomic E-state index is 12.8. The van der Waals surface area contributed by atoms with Crippen molar-refractivity contribution < 1.29 is 4.79 Å². The van der Waals surface area contributed by atoms with Crippen molar-refractivity contribution in [3.8, 4) is 11.1 Å². The first-order chi connectivity index (χ1) is 12.2. The first-order valence-corrected chi connectivity index (χ1v) is 8.54. The molecule has 1 amide bonds. The van der Waals surface area contributed by atoms with E-state index in [0.29, 0.717) is 11.5 Å². The first kappa shape index (κ1) is 15.6. The minimum absolute atomic E-state index is 0.0232. The second-order valence-corrected chi connectivity index (χ2v) is 6.56. The van der Waals surface area contributed by atoms with E-state index in [1.165, 1.54) is 0 Å². The molecule has 25 heavy (non-hydrogen) atoms. The van der Waals surface area contributed by atoms with Crippen molar-refractivity contribution in [3.05, 3.63) is 71.8 Å². The molecule has 4 rings (SSSR count). The summed E-state index contributed by atoms with van der Waals surface area (Å²) in [7, 11) is 0. The van der Waals surface area contributed by atoms with Crippen LogP contribution in [0.2, 0.25) is 0 Å². The number of carbonyl (C=O) groups is 1. The van der Waals surface area contributed by atoms with Gasteiger partial charge in [-0.25, -0.2) is 0 Å². The monoisotopic (exact) mass is 332 g/mol. The highest BCUT2D eigenvalue weighted by atomic mass is 16.1. The molecule has 126 valence electrons. The number of nitrogens with zero attached hydrogens (tertiary/aromatic N) is 2. The number of carbonyl (C=O) groups excluding carboxylic acids is 1. The molecule has 0 bridgehead atoms. The molecule has 0 radical (unpaired) electrons. The van der Waals surface area contributed by atoms with Crippen molar-refractivity contribution in [2.24, 2.45) is 5.92 Å². The van der Waals surface area contributed by atoms with Crippen LogP contribution in [-0.4, -0.2) is 21.1 Å². The Morgan fingerprint density at radius 2 is 2.04 bits per heavy atom. The summed E-state index contributed by atoms with van der Waals surface area (Å²) in [4.78, 5) is 17.4. The van der Waals surface area contributed by atoms with Gasteiger partial charge in [-0.2, -0.15) is 5.10 Å². The van der Waals surface area contributed by atoms with Crippen molar-refractivity contribution in [2.45, 2.75) is 25.8 Å². The Bertz CT molecular complexity index is 884. The fraction of sp³-hybridized carbons (Fsp3) is 0.250. The molecular weight excluding hydrogens is 312 g/mol. The van der Waals surface area contributed by atoms with Gasteiger partial charge in [-0.3, -0.25) is 14.9 Å². The van der Waals surface area contributed by atoms with E-state index < -0.39 is 0 Å². The molecular formula is C20H20N4O. The lowest BCUT2D eigenvalue weighted by Gasteiger charge is -2.18. The molecule has 3 aromatic rings. The number of H-pyrrole nitrogens is 1. The minimum atomic E-state index is -0.0643. The molecule has 5 heteroatoms. The summed E-state index contributed by atoms with van der Waals surface area (Å²) >= 11 is 0. The lowest BCUT2D eigenvalue weighted by Crippen LogP contribution is -2.30. The van der Waals surface area contributed by atoms with Gasteiger partial charge in [0.15, 0.2) is 0 Å². The minimum Gasteiger partial charge on any atom is -0.343 e. The number of nitrogens with one attached hydrogen (secondary N) is 2. The molecule has 1 saturated carbocycles. The highest BCUT2D eigenvalue weighted by Gasteiger charge is 2.34. The Morgan fingerprint density at radius 3 is 2.76 bits per heavy atom. The van der Waals surface area contributed by atoms with E-state index in [2.05, 4.69) is 20.5 Å². The van der Waals surface area contributed by atoms with Crippen LogP contribution < -0.4 is 5.32 Å². The molecule has 2 aromatic heterocycles. The summed E-state index contributed by atoms with van der Waals surface area (Å²) in [5.41, 5.74) is 4.50. The number of amides is 1. The van der Waals surface area contributed by atoms with E-state index in [9.17, 15) is 4.79 Å². The Hall–Kier alpha value is -2.95. The number of aryl methyl sites for hydroxylation is 1. The SMILES string of the molecule is Cc1cccc(C(NC(=O)c2cccc(-c3cn[nH]c3)c2)C2CC2)n1. The number of pyridine rings is 1. The molecule has 5 nitrogen and oxygen atoms in total. The van der Waals surface area contributed by atoms with Gasteiger partial charge >= 0.3 is 0 Å². The van der Waals surface area contributed by atoms with Gasteiger partial charge in [0.1, 0.15) is 0 Å². The van der Waals surface area contributed by atoms with E-state index in [-0.39, 0.29) is 11.9 Å². The van der Waals surface area contributed by atoms with Gasteiger partial charge in [0.25, 0.3) is 5.91 Å². The van der Waals surface area contributed by atoms with Crippen LogP contribution in [0.25, 0.3) is 11.1 Å². The van der Waals surface area contributed by atoms with Crippen LogP contribution in [-0.2, 0) is 0 Å². The Labute approximate surface area is 146 Å². The number of rotatable bonds is 5. The standard InChI is InChI=1S/C20H20N4O/c1-13-4-2-7-18(23-13)19(14-8-9-14)24-20(25)16-6-3-5-15(10-16)17-11-21-22-12-17/h2-7,10-12,14,19H,8-9H2,1H3,(H,21,22)(H,24,25). The molecule has 1 atom stereocenters. The van der Waals surface area contributed by atoms with E-state index >= 15 is 0 Å². The topological polar surface area (TPSA) is 70.7 Å². The molecule has 1 aromatic carbocycles. The number of hydrogen-bond donors (Lipinski definition) is 2. The summed E-state index contributed by atoms with van der Waals surface area (Å²) in [6, 6.07) is 13.6. The average Bonchev–Trinajstić information content (AvgIpc) is 3.32. The predicted molar refractivity (Wildman–Crippen MR) is 95.9 cm³/mol. The largest absolute Gasteiger partial charge is 0.343 e. The van der Waals surface area contributed by atoms with E-state index in [0.717, 1.165) is 35.4 Å². The molecule has 0 aliphatic heterocycles. The average molecular weight is 332 g/mol. The van der Waals surface area contributed by atoms with E-state index in [1.807, 2.05) is 55.6 Å². The lowest BCUT2D eigenvalue weighted by atomic mass is 10.0. The molecule has 1 unspecified atom stereocenters. The Balaban J connectivity index is 1.57. The summed E-state index contributed by atoms with van der Waals surface area (Å²) < 4.78 is 0. The zero-order chi connectivity index (χ0) is 17.2. The number of hydrogen-bond acceptors (Lipinski definition) is 3.